The van der Waals surface area contributed by atoms with Crippen molar-refractivity contribution in [3.05, 3.63) is 33.8 Å². The fourth-order valence-electron chi connectivity index (χ4n) is 1.19. The van der Waals surface area contributed by atoms with E-state index < -0.39 is 0 Å². The quantitative estimate of drug-likeness (QED) is 0.838. The number of amides is 1. The molecule has 0 aliphatic heterocycles. The molecule has 0 aliphatic carbocycles. The maximum atomic E-state index is 11.5. The minimum Gasteiger partial charge on any atom is -0.273 e. The van der Waals surface area contributed by atoms with Gasteiger partial charge in [0.1, 0.15) is 0 Å². The van der Waals surface area contributed by atoms with Gasteiger partial charge in [-0.25, -0.2) is 5.48 Å². The van der Waals surface area contributed by atoms with E-state index in [1.54, 1.807) is 18.2 Å². The molecule has 3 nitrogen and oxygen atoms in total. The lowest BCUT2D eigenvalue weighted by atomic mass is 10.1. The third-order valence-electron chi connectivity index (χ3n) is 2.00. The Morgan fingerprint density at radius 2 is 1.94 bits per heavy atom. The second-order valence-electron chi connectivity index (χ2n) is 4.11. The molecule has 0 aliphatic rings. The van der Waals surface area contributed by atoms with Gasteiger partial charge >= 0.3 is 0 Å². The van der Waals surface area contributed by atoms with E-state index in [2.05, 4.69) is 5.48 Å². The van der Waals surface area contributed by atoms with Gasteiger partial charge in [-0.2, -0.15) is 0 Å². The average Bonchev–Trinajstić information content (AvgIpc) is 2.23. The van der Waals surface area contributed by atoms with Crippen LogP contribution in [0.15, 0.2) is 18.2 Å². The Labute approximate surface area is 111 Å². The van der Waals surface area contributed by atoms with Crippen LogP contribution in [0.3, 0.4) is 0 Å². The molecule has 0 fully saturated rings. The number of carbonyl (C=O) groups is 1. The molecule has 0 aromatic heterocycles. The molecule has 0 atom stereocenters. The van der Waals surface area contributed by atoms with E-state index in [1.165, 1.54) is 0 Å². The highest BCUT2D eigenvalue weighted by molar-refractivity contribution is 6.36. The van der Waals surface area contributed by atoms with Crippen molar-refractivity contribution in [1.82, 2.24) is 5.48 Å². The minimum absolute atomic E-state index is 0.108. The van der Waals surface area contributed by atoms with E-state index >= 15 is 0 Å². The molecular formula is C12H15Cl2NO2. The monoisotopic (exact) mass is 275 g/mol. The van der Waals surface area contributed by atoms with Crippen LogP contribution in [-0.2, 0) is 16.1 Å². The van der Waals surface area contributed by atoms with Gasteiger partial charge in [0.2, 0.25) is 5.91 Å². The molecule has 0 spiro atoms. The average molecular weight is 276 g/mol. The molecule has 17 heavy (non-hydrogen) atoms. The highest BCUT2D eigenvalue weighted by Gasteiger charge is 2.10. The normalized spacial score (nSPS) is 10.6. The fourth-order valence-corrected chi connectivity index (χ4v) is 1.72. The van der Waals surface area contributed by atoms with Crippen LogP contribution in [0.1, 0.15) is 19.4 Å². The van der Waals surface area contributed by atoms with Gasteiger partial charge in [0.05, 0.1) is 13.0 Å². The van der Waals surface area contributed by atoms with Crippen LogP contribution in [0.5, 0.6) is 0 Å². The summed E-state index contributed by atoms with van der Waals surface area (Å²) in [6.07, 6.45) is 0.108. The van der Waals surface area contributed by atoms with Crippen molar-refractivity contribution in [1.29, 1.82) is 0 Å². The van der Waals surface area contributed by atoms with E-state index in [0.29, 0.717) is 28.1 Å². The molecule has 0 heterocycles. The van der Waals surface area contributed by atoms with Crippen LogP contribution in [0.25, 0.3) is 0 Å². The first-order valence-corrected chi connectivity index (χ1v) is 6.09. The van der Waals surface area contributed by atoms with Crippen LogP contribution >= 0.6 is 23.2 Å². The molecule has 0 radical (unpaired) electrons. The van der Waals surface area contributed by atoms with E-state index in [-0.39, 0.29) is 12.3 Å². The number of halogens is 2. The van der Waals surface area contributed by atoms with Crippen molar-refractivity contribution in [3.8, 4) is 0 Å². The van der Waals surface area contributed by atoms with Crippen LogP contribution in [-0.4, -0.2) is 12.5 Å². The smallest absolute Gasteiger partial charge is 0.248 e. The molecule has 1 aromatic rings. The number of nitrogens with one attached hydrogen (secondary N) is 1. The first kappa shape index (κ1) is 14.3. The van der Waals surface area contributed by atoms with Crippen LogP contribution in [0.2, 0.25) is 10.0 Å². The molecular weight excluding hydrogens is 261 g/mol. The minimum atomic E-state index is -0.263. The number of carbonyl (C=O) groups excluding carboxylic acids is 1. The molecule has 1 aromatic carbocycles. The number of rotatable bonds is 5. The van der Waals surface area contributed by atoms with E-state index in [1.807, 2.05) is 13.8 Å². The third kappa shape index (κ3) is 4.94. The lowest BCUT2D eigenvalue weighted by molar-refractivity contribution is -0.133. The first-order valence-electron chi connectivity index (χ1n) is 5.34. The summed E-state index contributed by atoms with van der Waals surface area (Å²) in [4.78, 5) is 16.6. The SMILES string of the molecule is CC(C)CONC(=O)Cc1c(Cl)cccc1Cl. The molecule has 1 rings (SSSR count). The van der Waals surface area contributed by atoms with Gasteiger partial charge < -0.3 is 0 Å². The van der Waals surface area contributed by atoms with E-state index in [0.717, 1.165) is 0 Å². The lowest BCUT2D eigenvalue weighted by Crippen LogP contribution is -2.27. The zero-order valence-electron chi connectivity index (χ0n) is 9.80. The summed E-state index contributed by atoms with van der Waals surface area (Å²) in [6.45, 7) is 4.47. The Hall–Kier alpha value is -0.770. The van der Waals surface area contributed by atoms with Crippen LogP contribution in [0.4, 0.5) is 0 Å². The Balaban J connectivity index is 2.51. The molecule has 5 heteroatoms. The molecule has 1 amide bonds. The third-order valence-corrected chi connectivity index (χ3v) is 2.71. The highest BCUT2D eigenvalue weighted by Crippen LogP contribution is 2.24. The first-order chi connectivity index (χ1) is 8.00. The molecule has 1 N–H and O–H groups in total. The second-order valence-corrected chi connectivity index (χ2v) is 4.92. The summed E-state index contributed by atoms with van der Waals surface area (Å²) in [6, 6.07) is 5.14. The Morgan fingerprint density at radius 3 is 2.47 bits per heavy atom. The van der Waals surface area contributed by atoms with Gasteiger partial charge in [-0.15, -0.1) is 0 Å². The molecule has 0 saturated heterocycles. The van der Waals surface area contributed by atoms with Crippen molar-refractivity contribution in [3.63, 3.8) is 0 Å². The molecule has 94 valence electrons. The van der Waals surface area contributed by atoms with Gasteiger partial charge in [0.15, 0.2) is 0 Å². The van der Waals surface area contributed by atoms with Gasteiger partial charge in [0, 0.05) is 10.0 Å². The van der Waals surface area contributed by atoms with E-state index in [9.17, 15) is 4.79 Å². The summed E-state index contributed by atoms with van der Waals surface area (Å²) in [5.74, 6) is 0.0971. The number of hydrogen-bond acceptors (Lipinski definition) is 2. The molecule has 0 bridgehead atoms. The van der Waals surface area contributed by atoms with Crippen molar-refractivity contribution >= 4 is 29.1 Å². The predicted octanol–water partition coefficient (Wildman–Crippen LogP) is 3.24. The number of hydrogen-bond donors (Lipinski definition) is 1. The fraction of sp³-hybridized carbons (Fsp3) is 0.417. The number of benzene rings is 1. The maximum absolute atomic E-state index is 11.5. The van der Waals surface area contributed by atoms with Crippen molar-refractivity contribution in [2.24, 2.45) is 5.92 Å². The molecule has 0 unspecified atom stereocenters. The van der Waals surface area contributed by atoms with Crippen molar-refractivity contribution in [2.45, 2.75) is 20.3 Å². The zero-order chi connectivity index (χ0) is 12.8. The topological polar surface area (TPSA) is 38.3 Å². The van der Waals surface area contributed by atoms with Gasteiger partial charge in [0.25, 0.3) is 0 Å². The van der Waals surface area contributed by atoms with Crippen LogP contribution in [0, 0.1) is 5.92 Å². The van der Waals surface area contributed by atoms with Gasteiger partial charge in [-0.1, -0.05) is 43.1 Å². The van der Waals surface area contributed by atoms with Gasteiger partial charge in [-0.05, 0) is 23.6 Å². The lowest BCUT2D eigenvalue weighted by Gasteiger charge is -2.09. The summed E-state index contributed by atoms with van der Waals surface area (Å²) < 4.78 is 0. The van der Waals surface area contributed by atoms with Crippen molar-refractivity contribution < 1.29 is 9.63 Å². The largest absolute Gasteiger partial charge is 0.273 e. The molecule has 0 saturated carbocycles. The Bertz CT molecular complexity index is 374. The standard InChI is InChI=1S/C12H15Cl2NO2/c1-8(2)7-17-15-12(16)6-9-10(13)4-3-5-11(9)14/h3-5,8H,6-7H2,1-2H3,(H,15,16). The summed E-state index contributed by atoms with van der Waals surface area (Å²) >= 11 is 11.9. The Morgan fingerprint density at radius 1 is 1.35 bits per heavy atom. The Kier molecular flexibility index (Phi) is 5.75. The summed E-state index contributed by atoms with van der Waals surface area (Å²) in [5, 5.41) is 0.966. The predicted molar refractivity (Wildman–Crippen MR) is 69.1 cm³/mol. The maximum Gasteiger partial charge on any atom is 0.248 e. The van der Waals surface area contributed by atoms with Crippen LogP contribution < -0.4 is 5.48 Å². The van der Waals surface area contributed by atoms with Gasteiger partial charge in [-0.3, -0.25) is 9.63 Å². The summed E-state index contributed by atoms with van der Waals surface area (Å²) in [7, 11) is 0. The second kappa shape index (κ2) is 6.84. The summed E-state index contributed by atoms with van der Waals surface area (Å²) in [5.41, 5.74) is 2.97. The number of hydroxylamine groups is 1. The zero-order valence-corrected chi connectivity index (χ0v) is 11.3. The van der Waals surface area contributed by atoms with Crippen molar-refractivity contribution in [2.75, 3.05) is 6.61 Å². The highest BCUT2D eigenvalue weighted by atomic mass is 35.5. The van der Waals surface area contributed by atoms with E-state index in [4.69, 9.17) is 28.0 Å².